The summed E-state index contributed by atoms with van der Waals surface area (Å²) in [4.78, 5) is 21.5. The summed E-state index contributed by atoms with van der Waals surface area (Å²) in [6.45, 7) is 4.10. The van der Waals surface area contributed by atoms with Crippen molar-refractivity contribution in [1.29, 1.82) is 0 Å². The van der Waals surface area contributed by atoms with E-state index >= 15 is 0 Å². The first-order valence-electron chi connectivity index (χ1n) is 13.2. The molecule has 0 unspecified atom stereocenters. The Bertz CT molecular complexity index is 1380. The lowest BCUT2D eigenvalue weighted by molar-refractivity contribution is -0.125. The minimum Gasteiger partial charge on any atom is -0.457 e. The van der Waals surface area contributed by atoms with Gasteiger partial charge in [0.15, 0.2) is 5.65 Å². The van der Waals surface area contributed by atoms with Crippen LogP contribution in [0.1, 0.15) is 45.6 Å². The number of para-hydroxylation sites is 1. The van der Waals surface area contributed by atoms with Crippen molar-refractivity contribution < 1.29 is 9.53 Å². The van der Waals surface area contributed by atoms with E-state index in [4.69, 9.17) is 15.6 Å². The lowest BCUT2D eigenvalue weighted by atomic mass is 9.90. The molecule has 38 heavy (non-hydrogen) atoms. The van der Waals surface area contributed by atoms with Crippen LogP contribution in [-0.2, 0) is 4.79 Å². The van der Waals surface area contributed by atoms with Gasteiger partial charge in [0.1, 0.15) is 29.3 Å². The van der Waals surface area contributed by atoms with Crippen LogP contribution < -0.4 is 21.1 Å². The number of carbonyl (C=O) groups is 1. The van der Waals surface area contributed by atoms with E-state index in [9.17, 15) is 4.79 Å². The maximum atomic E-state index is 12.7. The zero-order valence-electron chi connectivity index (χ0n) is 22.1. The van der Waals surface area contributed by atoms with Gasteiger partial charge >= 0.3 is 0 Å². The van der Waals surface area contributed by atoms with Crippen molar-refractivity contribution in [2.75, 3.05) is 12.8 Å². The fraction of sp³-hybridized carbons (Fsp3) is 0.379. The Hall–Kier alpha value is -3.98. The number of hydrogen-bond donors (Lipinski definition) is 3. The molecular weight excluding hydrogens is 478 g/mol. The lowest BCUT2D eigenvalue weighted by Crippen LogP contribution is -2.50. The standard InChI is InChI=1S/C29H35N7O2/c1-18(2)25(31-3)29(37)34-20-11-13-21(14-12-20)36-28-24(27(30)32-17-33-28)26(35-36)19-9-15-23(16-10-19)38-22-7-5-4-6-8-22/h4-10,15-18,20-21,25,31H,11-14H2,1-3H3,(H,34,37)(H2,30,32,33)/t20?,21?,25-/m1/s1. The molecule has 1 amide bonds. The summed E-state index contributed by atoms with van der Waals surface area (Å²) in [7, 11) is 1.83. The molecule has 9 nitrogen and oxygen atoms in total. The van der Waals surface area contributed by atoms with E-state index in [0.717, 1.165) is 59.5 Å². The Kier molecular flexibility index (Phi) is 7.55. The third-order valence-electron chi connectivity index (χ3n) is 7.27. The molecule has 198 valence electrons. The summed E-state index contributed by atoms with van der Waals surface area (Å²) in [6, 6.07) is 17.6. The summed E-state index contributed by atoms with van der Waals surface area (Å²) in [5, 5.41) is 12.1. The Morgan fingerprint density at radius 3 is 2.34 bits per heavy atom. The Labute approximate surface area is 222 Å². The highest BCUT2D eigenvalue weighted by Gasteiger charge is 2.29. The first kappa shape index (κ1) is 25.7. The van der Waals surface area contributed by atoms with Gasteiger partial charge in [-0.15, -0.1) is 0 Å². The van der Waals surface area contributed by atoms with Crippen LogP contribution in [0, 0.1) is 5.92 Å². The van der Waals surface area contributed by atoms with Crippen LogP contribution in [0.25, 0.3) is 22.3 Å². The molecule has 2 aromatic carbocycles. The third kappa shape index (κ3) is 5.33. The van der Waals surface area contributed by atoms with Crippen LogP contribution in [0.3, 0.4) is 0 Å². The Morgan fingerprint density at radius 1 is 1.00 bits per heavy atom. The SMILES string of the molecule is CN[C@@H](C(=O)NC1CCC(n2nc(-c3ccc(Oc4ccccc4)cc3)c3c(N)ncnc32)CC1)C(C)C. The van der Waals surface area contributed by atoms with Crippen LogP contribution >= 0.6 is 0 Å². The predicted molar refractivity (Wildman–Crippen MR) is 149 cm³/mol. The number of rotatable bonds is 8. The summed E-state index contributed by atoms with van der Waals surface area (Å²) in [6.07, 6.45) is 5.04. The van der Waals surface area contributed by atoms with Gasteiger partial charge in [0.25, 0.3) is 0 Å². The van der Waals surface area contributed by atoms with Gasteiger partial charge in [-0.1, -0.05) is 32.0 Å². The highest BCUT2D eigenvalue weighted by Crippen LogP contribution is 2.36. The van der Waals surface area contributed by atoms with Crippen LogP contribution in [0.2, 0.25) is 0 Å². The molecule has 2 heterocycles. The molecule has 4 N–H and O–H groups in total. The van der Waals surface area contributed by atoms with E-state index < -0.39 is 0 Å². The molecular formula is C29H35N7O2. The molecule has 2 aromatic heterocycles. The molecule has 1 atom stereocenters. The average Bonchev–Trinajstić information content (AvgIpc) is 3.31. The predicted octanol–water partition coefficient (Wildman–Crippen LogP) is 4.71. The van der Waals surface area contributed by atoms with Gasteiger partial charge in [-0.3, -0.25) is 4.79 Å². The smallest absolute Gasteiger partial charge is 0.237 e. The minimum atomic E-state index is -0.186. The molecule has 0 bridgehead atoms. The first-order chi connectivity index (χ1) is 18.4. The number of nitrogens with one attached hydrogen (secondary N) is 2. The monoisotopic (exact) mass is 513 g/mol. The molecule has 0 spiro atoms. The van der Waals surface area contributed by atoms with Crippen molar-refractivity contribution in [2.24, 2.45) is 5.92 Å². The Balaban J connectivity index is 1.34. The van der Waals surface area contributed by atoms with E-state index in [1.54, 1.807) is 0 Å². The van der Waals surface area contributed by atoms with Gasteiger partial charge in [0.05, 0.1) is 17.5 Å². The molecule has 1 fully saturated rings. The number of likely N-dealkylation sites (N-methyl/N-ethyl adjacent to an activating group) is 1. The van der Waals surface area contributed by atoms with Gasteiger partial charge < -0.3 is 21.1 Å². The Morgan fingerprint density at radius 2 is 1.68 bits per heavy atom. The molecule has 0 saturated heterocycles. The van der Waals surface area contributed by atoms with E-state index in [-0.39, 0.29) is 30.0 Å². The van der Waals surface area contributed by atoms with Crippen molar-refractivity contribution in [3.63, 3.8) is 0 Å². The third-order valence-corrected chi connectivity index (χ3v) is 7.27. The van der Waals surface area contributed by atoms with Gasteiger partial charge in [0, 0.05) is 11.6 Å². The van der Waals surface area contributed by atoms with E-state index in [1.807, 2.05) is 66.3 Å². The number of benzene rings is 2. The number of nitrogens with zero attached hydrogens (tertiary/aromatic N) is 4. The summed E-state index contributed by atoms with van der Waals surface area (Å²) in [5.41, 5.74) is 8.74. The highest BCUT2D eigenvalue weighted by molar-refractivity contribution is 5.98. The molecule has 1 aliphatic rings. The number of carbonyl (C=O) groups excluding carboxylic acids is 1. The second-order valence-corrected chi connectivity index (χ2v) is 10.2. The zero-order valence-corrected chi connectivity index (χ0v) is 22.1. The maximum absolute atomic E-state index is 12.7. The zero-order chi connectivity index (χ0) is 26.6. The molecule has 0 aliphatic heterocycles. The molecule has 1 aliphatic carbocycles. The van der Waals surface area contributed by atoms with Gasteiger partial charge in [-0.05, 0) is 75.0 Å². The maximum Gasteiger partial charge on any atom is 0.237 e. The second-order valence-electron chi connectivity index (χ2n) is 10.2. The topological polar surface area (TPSA) is 120 Å². The van der Waals surface area contributed by atoms with Gasteiger partial charge in [-0.2, -0.15) is 5.10 Å². The van der Waals surface area contributed by atoms with Crippen LogP contribution in [0.5, 0.6) is 11.5 Å². The van der Waals surface area contributed by atoms with E-state index in [0.29, 0.717) is 5.82 Å². The molecule has 9 heteroatoms. The lowest BCUT2D eigenvalue weighted by Gasteiger charge is -2.31. The average molecular weight is 514 g/mol. The van der Waals surface area contributed by atoms with Gasteiger partial charge in [0.2, 0.25) is 5.91 Å². The number of nitrogen functional groups attached to an aromatic ring is 1. The minimum absolute atomic E-state index is 0.0676. The number of ether oxygens (including phenoxy) is 1. The second kappa shape index (κ2) is 11.2. The number of fused-ring (bicyclic) bond motifs is 1. The van der Waals surface area contributed by atoms with Crippen LogP contribution in [0.15, 0.2) is 60.9 Å². The quantitative estimate of drug-likeness (QED) is 0.312. The molecule has 1 saturated carbocycles. The normalized spacial score (nSPS) is 18.4. The van der Waals surface area contributed by atoms with Crippen molar-refractivity contribution in [1.82, 2.24) is 30.4 Å². The molecule has 0 radical (unpaired) electrons. The number of anilines is 1. The summed E-state index contributed by atoms with van der Waals surface area (Å²) >= 11 is 0. The molecule has 4 aromatic rings. The fourth-order valence-corrected chi connectivity index (χ4v) is 5.28. The van der Waals surface area contributed by atoms with Crippen molar-refractivity contribution in [3.05, 3.63) is 60.9 Å². The number of amides is 1. The first-order valence-corrected chi connectivity index (χ1v) is 13.2. The summed E-state index contributed by atoms with van der Waals surface area (Å²) in [5.74, 6) is 2.23. The van der Waals surface area contributed by atoms with Crippen molar-refractivity contribution in [3.8, 4) is 22.8 Å². The van der Waals surface area contributed by atoms with Crippen molar-refractivity contribution >= 4 is 22.8 Å². The highest BCUT2D eigenvalue weighted by atomic mass is 16.5. The van der Waals surface area contributed by atoms with Gasteiger partial charge in [-0.25, -0.2) is 14.6 Å². The van der Waals surface area contributed by atoms with Crippen molar-refractivity contribution in [2.45, 2.75) is 57.7 Å². The number of hydrogen-bond acceptors (Lipinski definition) is 7. The fourth-order valence-electron chi connectivity index (χ4n) is 5.28. The molecule has 5 rings (SSSR count). The number of nitrogens with two attached hydrogens (primary N) is 1. The largest absolute Gasteiger partial charge is 0.457 e. The van der Waals surface area contributed by atoms with E-state index in [2.05, 4.69) is 34.4 Å². The summed E-state index contributed by atoms with van der Waals surface area (Å²) < 4.78 is 7.94. The number of aromatic nitrogens is 4. The van der Waals surface area contributed by atoms with Crippen LogP contribution in [0.4, 0.5) is 5.82 Å². The van der Waals surface area contributed by atoms with E-state index in [1.165, 1.54) is 6.33 Å². The van der Waals surface area contributed by atoms with Crippen LogP contribution in [-0.4, -0.2) is 44.8 Å².